The van der Waals surface area contributed by atoms with E-state index in [-0.39, 0.29) is 0 Å². The van der Waals surface area contributed by atoms with E-state index in [9.17, 15) is 0 Å². The third-order valence-corrected chi connectivity index (χ3v) is 2.42. The van der Waals surface area contributed by atoms with Crippen LogP contribution >= 0.6 is 12.2 Å². The average Bonchev–Trinajstić information content (AvgIpc) is 2.16. The van der Waals surface area contributed by atoms with Gasteiger partial charge < -0.3 is 11.1 Å². The zero-order chi connectivity index (χ0) is 12.2. The van der Waals surface area contributed by atoms with Crippen molar-refractivity contribution < 1.29 is 0 Å². The third-order valence-electron chi connectivity index (χ3n) is 2.23. The highest BCUT2D eigenvalue weighted by atomic mass is 32.1. The number of aromatic nitrogens is 1. The summed E-state index contributed by atoms with van der Waals surface area (Å²) in [6, 6.07) is 3.82. The van der Waals surface area contributed by atoms with Crippen LogP contribution in [0.25, 0.3) is 0 Å². The molecule has 0 bridgehead atoms. The summed E-state index contributed by atoms with van der Waals surface area (Å²) in [7, 11) is 0. The van der Waals surface area contributed by atoms with Crippen LogP contribution in [0.15, 0.2) is 18.3 Å². The Labute approximate surface area is 102 Å². The molecule has 0 unspecified atom stereocenters. The molecular formula is C12H19N3S. The lowest BCUT2D eigenvalue weighted by Crippen LogP contribution is -2.17. The minimum absolute atomic E-state index is 0.318. The molecule has 0 aromatic carbocycles. The van der Waals surface area contributed by atoms with Crippen molar-refractivity contribution in [2.24, 2.45) is 11.1 Å². The number of hydrogen-bond donors (Lipinski definition) is 2. The molecule has 0 fully saturated rings. The molecule has 3 N–H and O–H groups in total. The predicted octanol–water partition coefficient (Wildman–Crippen LogP) is 2.56. The van der Waals surface area contributed by atoms with Crippen LogP contribution in [0.1, 0.15) is 32.9 Å². The molecule has 0 amide bonds. The molecule has 3 nitrogen and oxygen atoms in total. The van der Waals surface area contributed by atoms with Gasteiger partial charge in [-0.1, -0.05) is 33.0 Å². The quantitative estimate of drug-likeness (QED) is 0.790. The maximum absolute atomic E-state index is 5.60. The van der Waals surface area contributed by atoms with Gasteiger partial charge in [-0.25, -0.2) is 0 Å². The van der Waals surface area contributed by atoms with Crippen LogP contribution in [0.2, 0.25) is 0 Å². The summed E-state index contributed by atoms with van der Waals surface area (Å²) in [5.74, 6) is 0. The Bertz CT molecular complexity index is 369. The molecule has 0 atom stereocenters. The van der Waals surface area contributed by atoms with Gasteiger partial charge in [-0.3, -0.25) is 4.98 Å². The lowest BCUT2D eigenvalue weighted by Gasteiger charge is -2.19. The molecule has 1 rings (SSSR count). The highest BCUT2D eigenvalue weighted by Gasteiger charge is 2.10. The fourth-order valence-electron chi connectivity index (χ4n) is 1.32. The Morgan fingerprint density at radius 2 is 2.19 bits per heavy atom. The minimum atomic E-state index is 0.318. The number of pyridine rings is 1. The Balaban J connectivity index is 2.64. The molecule has 16 heavy (non-hydrogen) atoms. The number of anilines is 1. The summed E-state index contributed by atoms with van der Waals surface area (Å²) in [5.41, 5.74) is 7.51. The molecule has 0 spiro atoms. The van der Waals surface area contributed by atoms with Crippen molar-refractivity contribution in [1.82, 2.24) is 4.98 Å². The molecule has 1 heterocycles. The van der Waals surface area contributed by atoms with Crippen LogP contribution in [-0.4, -0.2) is 16.5 Å². The van der Waals surface area contributed by atoms with Gasteiger partial charge in [0.15, 0.2) is 0 Å². The average molecular weight is 237 g/mol. The Kier molecular flexibility index (Phi) is 4.24. The van der Waals surface area contributed by atoms with Gasteiger partial charge in [0.2, 0.25) is 0 Å². The molecule has 1 aromatic heterocycles. The SMILES string of the molecule is CC(C)(C)CCNc1cccnc1C(N)=S. The van der Waals surface area contributed by atoms with Crippen molar-refractivity contribution in [2.45, 2.75) is 27.2 Å². The van der Waals surface area contributed by atoms with Gasteiger partial charge in [-0.05, 0) is 24.0 Å². The van der Waals surface area contributed by atoms with Crippen LogP contribution in [0.4, 0.5) is 5.69 Å². The van der Waals surface area contributed by atoms with Gasteiger partial charge >= 0.3 is 0 Å². The zero-order valence-electron chi connectivity index (χ0n) is 10.1. The van der Waals surface area contributed by atoms with E-state index in [2.05, 4.69) is 31.1 Å². The van der Waals surface area contributed by atoms with Crippen LogP contribution in [-0.2, 0) is 0 Å². The van der Waals surface area contributed by atoms with E-state index in [0.29, 0.717) is 16.1 Å². The lowest BCUT2D eigenvalue weighted by molar-refractivity contribution is 0.390. The van der Waals surface area contributed by atoms with Gasteiger partial charge in [0.1, 0.15) is 10.7 Å². The van der Waals surface area contributed by atoms with Crippen molar-refractivity contribution in [3.05, 3.63) is 24.0 Å². The van der Waals surface area contributed by atoms with E-state index >= 15 is 0 Å². The highest BCUT2D eigenvalue weighted by molar-refractivity contribution is 7.80. The standard InChI is InChI=1S/C12H19N3S/c1-12(2,3)6-8-14-9-5-4-7-15-10(9)11(13)16/h4-5,7,14H,6,8H2,1-3H3,(H2,13,16). The fraction of sp³-hybridized carbons (Fsp3) is 0.500. The van der Waals surface area contributed by atoms with Crippen molar-refractivity contribution in [2.75, 3.05) is 11.9 Å². The zero-order valence-corrected chi connectivity index (χ0v) is 10.9. The topological polar surface area (TPSA) is 50.9 Å². The number of nitrogens with one attached hydrogen (secondary N) is 1. The van der Waals surface area contributed by atoms with Crippen LogP contribution in [0.5, 0.6) is 0 Å². The smallest absolute Gasteiger partial charge is 0.124 e. The Morgan fingerprint density at radius 1 is 1.50 bits per heavy atom. The number of nitrogens with zero attached hydrogens (tertiary/aromatic N) is 1. The van der Waals surface area contributed by atoms with Gasteiger partial charge in [0.25, 0.3) is 0 Å². The summed E-state index contributed by atoms with van der Waals surface area (Å²) in [5, 5.41) is 3.32. The first-order valence-corrected chi connectivity index (χ1v) is 5.80. The van der Waals surface area contributed by atoms with E-state index in [1.54, 1.807) is 6.20 Å². The molecular weight excluding hydrogens is 218 g/mol. The maximum Gasteiger partial charge on any atom is 0.124 e. The largest absolute Gasteiger partial charge is 0.388 e. The number of rotatable bonds is 4. The molecule has 88 valence electrons. The second-order valence-corrected chi connectivity index (χ2v) is 5.44. The minimum Gasteiger partial charge on any atom is -0.388 e. The van der Waals surface area contributed by atoms with Gasteiger partial charge in [0, 0.05) is 12.7 Å². The van der Waals surface area contributed by atoms with E-state index in [4.69, 9.17) is 18.0 Å². The van der Waals surface area contributed by atoms with Crippen molar-refractivity contribution in [1.29, 1.82) is 0 Å². The summed E-state index contributed by atoms with van der Waals surface area (Å²) < 4.78 is 0. The van der Waals surface area contributed by atoms with Crippen LogP contribution in [0.3, 0.4) is 0 Å². The molecule has 0 aliphatic rings. The van der Waals surface area contributed by atoms with Crippen molar-refractivity contribution >= 4 is 22.9 Å². The highest BCUT2D eigenvalue weighted by Crippen LogP contribution is 2.19. The maximum atomic E-state index is 5.60. The first kappa shape index (κ1) is 12.9. The normalized spacial score (nSPS) is 11.2. The predicted molar refractivity (Wildman–Crippen MR) is 72.7 cm³/mol. The van der Waals surface area contributed by atoms with Crippen LogP contribution in [0, 0.1) is 5.41 Å². The van der Waals surface area contributed by atoms with Crippen molar-refractivity contribution in [3.63, 3.8) is 0 Å². The Morgan fingerprint density at radius 3 is 2.75 bits per heavy atom. The molecule has 4 heteroatoms. The molecule has 0 aliphatic carbocycles. The number of nitrogens with two attached hydrogens (primary N) is 1. The number of thiocarbonyl (C=S) groups is 1. The number of hydrogen-bond acceptors (Lipinski definition) is 3. The van der Waals surface area contributed by atoms with Gasteiger partial charge in [0.05, 0.1) is 5.69 Å². The van der Waals surface area contributed by atoms with E-state index in [0.717, 1.165) is 18.7 Å². The third kappa shape index (κ3) is 4.14. The van der Waals surface area contributed by atoms with Gasteiger partial charge in [-0.2, -0.15) is 0 Å². The summed E-state index contributed by atoms with van der Waals surface area (Å²) in [6.07, 6.45) is 2.78. The summed E-state index contributed by atoms with van der Waals surface area (Å²) in [4.78, 5) is 4.50. The molecule has 0 saturated carbocycles. The fourth-order valence-corrected chi connectivity index (χ4v) is 1.48. The van der Waals surface area contributed by atoms with E-state index in [1.807, 2.05) is 12.1 Å². The van der Waals surface area contributed by atoms with Crippen molar-refractivity contribution in [3.8, 4) is 0 Å². The van der Waals surface area contributed by atoms with E-state index in [1.165, 1.54) is 0 Å². The van der Waals surface area contributed by atoms with Gasteiger partial charge in [-0.15, -0.1) is 0 Å². The molecule has 1 aromatic rings. The monoisotopic (exact) mass is 237 g/mol. The lowest BCUT2D eigenvalue weighted by atomic mass is 9.92. The molecule has 0 aliphatic heterocycles. The summed E-state index contributed by atoms with van der Waals surface area (Å²) >= 11 is 4.95. The second-order valence-electron chi connectivity index (χ2n) is 5.00. The Hall–Kier alpha value is -1.16. The van der Waals surface area contributed by atoms with E-state index < -0.39 is 0 Å². The molecule has 0 radical (unpaired) electrons. The van der Waals surface area contributed by atoms with Crippen LogP contribution < -0.4 is 11.1 Å². The second kappa shape index (κ2) is 5.25. The summed E-state index contributed by atoms with van der Waals surface area (Å²) in [6.45, 7) is 7.54. The first-order chi connectivity index (χ1) is 7.40. The molecule has 0 saturated heterocycles. The first-order valence-electron chi connectivity index (χ1n) is 5.39.